The van der Waals surface area contributed by atoms with Crippen LogP contribution >= 0.6 is 11.3 Å². The molecule has 0 saturated heterocycles. The summed E-state index contributed by atoms with van der Waals surface area (Å²) in [7, 11) is 0. The molecule has 2 aromatic carbocycles. The van der Waals surface area contributed by atoms with E-state index in [1.807, 2.05) is 59.4 Å². The zero-order valence-electron chi connectivity index (χ0n) is 14.0. The average Bonchev–Trinajstić information content (AvgIpc) is 3.16. The maximum absolute atomic E-state index is 12.8. The number of para-hydroxylation sites is 1. The highest BCUT2D eigenvalue weighted by atomic mass is 32.1. The first-order valence-electron chi connectivity index (χ1n) is 8.16. The van der Waals surface area contributed by atoms with Crippen molar-refractivity contribution in [3.63, 3.8) is 0 Å². The van der Waals surface area contributed by atoms with Gasteiger partial charge in [-0.3, -0.25) is 4.57 Å². The summed E-state index contributed by atoms with van der Waals surface area (Å²) < 4.78 is 1.68. The summed E-state index contributed by atoms with van der Waals surface area (Å²) in [6, 6.07) is 15.8. The van der Waals surface area contributed by atoms with Crippen molar-refractivity contribution in [3.05, 3.63) is 75.6 Å². The highest BCUT2D eigenvalue weighted by Gasteiger charge is 2.15. The topological polar surface area (TPSA) is 47.8 Å². The van der Waals surface area contributed by atoms with Crippen LogP contribution in [0.25, 0.3) is 27.8 Å². The molecule has 4 nitrogen and oxygen atoms in total. The summed E-state index contributed by atoms with van der Waals surface area (Å²) in [5.74, 6) is 0.172. The molecule has 0 saturated carbocycles. The molecule has 0 atom stereocenters. The van der Waals surface area contributed by atoms with Crippen molar-refractivity contribution in [2.75, 3.05) is 0 Å². The largest absolute Gasteiger partial charge is 0.352 e. The number of nitrogens with zero attached hydrogens (tertiary/aromatic N) is 3. The first kappa shape index (κ1) is 15.7. The third-order valence-electron chi connectivity index (χ3n) is 4.21. The first-order valence-corrected chi connectivity index (χ1v) is 9.10. The highest BCUT2D eigenvalue weighted by molar-refractivity contribution is 7.07. The molecule has 0 radical (unpaired) electrons. The molecule has 124 valence electrons. The minimum absolute atomic E-state index is 0.172. The van der Waals surface area contributed by atoms with Gasteiger partial charge >= 0.3 is 5.69 Å². The summed E-state index contributed by atoms with van der Waals surface area (Å²) in [4.78, 5) is 21.5. The zero-order chi connectivity index (χ0) is 17.4. The van der Waals surface area contributed by atoms with Gasteiger partial charge in [0, 0.05) is 16.3 Å². The molecule has 0 spiro atoms. The molecule has 4 aromatic rings. The predicted molar refractivity (Wildman–Crippen MR) is 103 cm³/mol. The Labute approximate surface area is 149 Å². The van der Waals surface area contributed by atoms with Gasteiger partial charge in [-0.1, -0.05) is 44.2 Å². The van der Waals surface area contributed by atoms with E-state index in [1.165, 1.54) is 0 Å². The predicted octanol–water partition coefficient (Wildman–Crippen LogP) is 4.63. The fourth-order valence-corrected chi connectivity index (χ4v) is 3.59. The van der Waals surface area contributed by atoms with E-state index in [-0.39, 0.29) is 11.6 Å². The van der Waals surface area contributed by atoms with Crippen molar-refractivity contribution < 1.29 is 0 Å². The molecular formula is C20H17N3OS. The first-order chi connectivity index (χ1) is 12.1. The maximum atomic E-state index is 12.8. The lowest BCUT2D eigenvalue weighted by molar-refractivity contribution is 0.802. The molecule has 2 heterocycles. The van der Waals surface area contributed by atoms with Crippen LogP contribution in [0.1, 0.15) is 25.5 Å². The Morgan fingerprint density at radius 3 is 2.56 bits per heavy atom. The second kappa shape index (κ2) is 6.26. The van der Waals surface area contributed by atoms with Crippen LogP contribution in [-0.2, 0) is 0 Å². The lowest BCUT2D eigenvalue weighted by Gasteiger charge is -2.15. The molecule has 0 aliphatic rings. The van der Waals surface area contributed by atoms with E-state index in [9.17, 15) is 4.79 Å². The van der Waals surface area contributed by atoms with Crippen LogP contribution in [0.3, 0.4) is 0 Å². The van der Waals surface area contributed by atoms with Gasteiger partial charge < -0.3 is 0 Å². The molecule has 0 N–H and O–H groups in total. The number of benzene rings is 2. The molecule has 5 heteroatoms. The van der Waals surface area contributed by atoms with E-state index in [2.05, 4.69) is 23.8 Å². The van der Waals surface area contributed by atoms with Crippen molar-refractivity contribution in [2.24, 2.45) is 0 Å². The van der Waals surface area contributed by atoms with Gasteiger partial charge in [-0.2, -0.15) is 4.98 Å². The summed E-state index contributed by atoms with van der Waals surface area (Å²) in [6.45, 7) is 4.12. The van der Waals surface area contributed by atoms with Gasteiger partial charge in [0.05, 0.1) is 28.1 Å². The SMILES string of the molecule is CC(C)c1nc(=O)n(-c2ccccc2)c2cc(-c3cscn3)ccc12. The lowest BCUT2D eigenvalue weighted by atomic mass is 10.0. The van der Waals surface area contributed by atoms with E-state index < -0.39 is 0 Å². The van der Waals surface area contributed by atoms with Gasteiger partial charge in [0.1, 0.15) is 0 Å². The maximum Gasteiger partial charge on any atom is 0.352 e. The van der Waals surface area contributed by atoms with Crippen LogP contribution < -0.4 is 5.69 Å². The van der Waals surface area contributed by atoms with E-state index in [4.69, 9.17) is 0 Å². The Balaban J connectivity index is 2.09. The monoisotopic (exact) mass is 347 g/mol. The van der Waals surface area contributed by atoms with Gasteiger partial charge in [-0.25, -0.2) is 9.78 Å². The van der Waals surface area contributed by atoms with Crippen LogP contribution in [-0.4, -0.2) is 14.5 Å². The van der Waals surface area contributed by atoms with Crippen LogP contribution in [0.5, 0.6) is 0 Å². The zero-order valence-corrected chi connectivity index (χ0v) is 14.8. The molecule has 2 aromatic heterocycles. The molecule has 0 unspecified atom stereocenters. The summed E-state index contributed by atoms with van der Waals surface area (Å²) >= 11 is 1.56. The van der Waals surface area contributed by atoms with Crippen molar-refractivity contribution >= 4 is 22.2 Å². The Morgan fingerprint density at radius 1 is 1.08 bits per heavy atom. The minimum Gasteiger partial charge on any atom is -0.260 e. The van der Waals surface area contributed by atoms with Gasteiger partial charge in [0.25, 0.3) is 0 Å². The Hall–Kier alpha value is -2.79. The van der Waals surface area contributed by atoms with Crippen LogP contribution in [0.2, 0.25) is 0 Å². The number of thiazole rings is 1. The standard InChI is InChI=1S/C20H17N3OS/c1-13(2)19-16-9-8-14(17-11-25-12-21-17)10-18(16)23(20(24)22-19)15-6-4-3-5-7-15/h3-13H,1-2H3. The third-order valence-corrected chi connectivity index (χ3v) is 4.80. The van der Waals surface area contributed by atoms with Gasteiger partial charge in [0.2, 0.25) is 0 Å². The van der Waals surface area contributed by atoms with E-state index in [1.54, 1.807) is 15.9 Å². The second-order valence-electron chi connectivity index (χ2n) is 6.21. The van der Waals surface area contributed by atoms with Crippen molar-refractivity contribution in [3.8, 4) is 16.9 Å². The normalized spacial score (nSPS) is 11.3. The molecule has 0 aliphatic heterocycles. The number of hydrogen-bond donors (Lipinski definition) is 0. The molecule has 0 aliphatic carbocycles. The number of aromatic nitrogens is 3. The van der Waals surface area contributed by atoms with Crippen molar-refractivity contribution in [1.82, 2.24) is 14.5 Å². The summed E-state index contributed by atoms with van der Waals surface area (Å²) in [5.41, 5.74) is 5.99. The number of hydrogen-bond acceptors (Lipinski definition) is 4. The molecule has 4 rings (SSSR count). The van der Waals surface area contributed by atoms with Crippen molar-refractivity contribution in [1.29, 1.82) is 0 Å². The average molecular weight is 347 g/mol. The Morgan fingerprint density at radius 2 is 1.88 bits per heavy atom. The van der Waals surface area contributed by atoms with Crippen LogP contribution in [0.15, 0.2) is 64.2 Å². The molecule has 0 bridgehead atoms. The molecule has 0 amide bonds. The summed E-state index contributed by atoms with van der Waals surface area (Å²) in [5, 5.41) is 3.01. The second-order valence-corrected chi connectivity index (χ2v) is 6.93. The molecular weight excluding hydrogens is 330 g/mol. The van der Waals surface area contributed by atoms with Gasteiger partial charge in [-0.05, 0) is 24.1 Å². The number of rotatable bonds is 3. The highest BCUT2D eigenvalue weighted by Crippen LogP contribution is 2.28. The Kier molecular flexibility index (Phi) is 3.93. The van der Waals surface area contributed by atoms with Crippen LogP contribution in [0.4, 0.5) is 0 Å². The summed E-state index contributed by atoms with van der Waals surface area (Å²) in [6.07, 6.45) is 0. The van der Waals surface area contributed by atoms with E-state index in [0.29, 0.717) is 0 Å². The van der Waals surface area contributed by atoms with Crippen molar-refractivity contribution in [2.45, 2.75) is 19.8 Å². The fourth-order valence-electron chi connectivity index (χ4n) is 3.03. The Bertz CT molecular complexity index is 1080. The third kappa shape index (κ3) is 2.76. The minimum atomic E-state index is -0.252. The van der Waals surface area contributed by atoms with E-state index in [0.717, 1.165) is 33.5 Å². The smallest absolute Gasteiger partial charge is 0.260 e. The van der Waals surface area contributed by atoms with Crippen LogP contribution in [0, 0.1) is 0 Å². The molecule has 0 fully saturated rings. The lowest BCUT2D eigenvalue weighted by Crippen LogP contribution is -2.24. The van der Waals surface area contributed by atoms with Gasteiger partial charge in [0.15, 0.2) is 0 Å². The molecule has 25 heavy (non-hydrogen) atoms. The fraction of sp³-hybridized carbons (Fsp3) is 0.150. The van der Waals surface area contributed by atoms with E-state index >= 15 is 0 Å². The quantitative estimate of drug-likeness (QED) is 0.543. The van der Waals surface area contributed by atoms with Gasteiger partial charge in [-0.15, -0.1) is 11.3 Å². The number of fused-ring (bicyclic) bond motifs is 1.